The summed E-state index contributed by atoms with van der Waals surface area (Å²) >= 11 is 0. The van der Waals surface area contributed by atoms with Gasteiger partial charge in [0.25, 0.3) is 5.91 Å². The Kier molecular flexibility index (Phi) is 3.97. The molecule has 3 nitrogen and oxygen atoms in total. The summed E-state index contributed by atoms with van der Waals surface area (Å²) in [5.74, 6) is 0.360. The van der Waals surface area contributed by atoms with E-state index in [2.05, 4.69) is 40.2 Å². The molecule has 1 amide bonds. The molecule has 0 aromatic heterocycles. The van der Waals surface area contributed by atoms with E-state index in [1.165, 1.54) is 30.4 Å². The van der Waals surface area contributed by atoms with Gasteiger partial charge in [-0.3, -0.25) is 4.79 Å². The van der Waals surface area contributed by atoms with E-state index < -0.39 is 0 Å². The second-order valence-corrected chi connectivity index (χ2v) is 7.82. The molecule has 0 saturated carbocycles. The largest absolute Gasteiger partial charge is 0.300 e. The van der Waals surface area contributed by atoms with Crippen molar-refractivity contribution in [3.8, 4) is 0 Å². The third kappa shape index (κ3) is 2.71. The first kappa shape index (κ1) is 16.0. The first-order valence-electron chi connectivity index (χ1n) is 9.83. The van der Waals surface area contributed by atoms with Crippen LogP contribution in [0.5, 0.6) is 0 Å². The number of amides is 1. The van der Waals surface area contributed by atoms with Crippen molar-refractivity contribution in [3.05, 3.63) is 70.2 Å². The van der Waals surface area contributed by atoms with Crippen LogP contribution in [0.3, 0.4) is 0 Å². The van der Waals surface area contributed by atoms with E-state index in [0.717, 1.165) is 42.1 Å². The molecule has 2 heterocycles. The number of hydrogen-bond acceptors (Lipinski definition) is 2. The number of carbonyl (C=O) groups excluding carboxylic acids is 1. The molecule has 0 bridgehead atoms. The number of rotatable bonds is 2. The summed E-state index contributed by atoms with van der Waals surface area (Å²) in [6.07, 6.45) is 5.78. The van der Waals surface area contributed by atoms with Gasteiger partial charge < -0.3 is 4.90 Å². The van der Waals surface area contributed by atoms with Crippen molar-refractivity contribution >= 4 is 11.5 Å². The molecule has 1 fully saturated rings. The summed E-state index contributed by atoms with van der Waals surface area (Å²) in [5.41, 5.74) is 4.03. The number of likely N-dealkylation sites (tertiary alicyclic amines) is 1. The summed E-state index contributed by atoms with van der Waals surface area (Å²) in [4.78, 5) is 19.3. The number of aryl methyl sites for hydroxylation is 1. The first-order valence-corrected chi connectivity index (χ1v) is 9.83. The lowest BCUT2D eigenvalue weighted by Crippen LogP contribution is -2.44. The number of para-hydroxylation sites is 1. The van der Waals surface area contributed by atoms with E-state index in [-0.39, 0.29) is 5.91 Å². The lowest BCUT2D eigenvalue weighted by Gasteiger charge is -2.40. The minimum absolute atomic E-state index is 0.00348. The van der Waals surface area contributed by atoms with E-state index in [9.17, 15) is 4.79 Å². The highest BCUT2D eigenvalue weighted by atomic mass is 16.1. The normalized spacial score (nSPS) is 23.5. The van der Waals surface area contributed by atoms with Crippen molar-refractivity contribution in [2.24, 2.45) is 10.9 Å². The predicted octanol–water partition coefficient (Wildman–Crippen LogP) is 2.27. The zero-order valence-electron chi connectivity index (χ0n) is 15.0. The molecule has 2 aromatic carbocycles. The Labute approximate surface area is 154 Å². The Balaban J connectivity index is 1.31. The van der Waals surface area contributed by atoms with Crippen LogP contribution in [0.2, 0.25) is 0 Å². The molecule has 3 heteroatoms. The van der Waals surface area contributed by atoms with E-state index in [4.69, 9.17) is 0 Å². The molecule has 1 atom stereocenters. The van der Waals surface area contributed by atoms with Crippen molar-refractivity contribution in [3.63, 3.8) is 0 Å². The van der Waals surface area contributed by atoms with Crippen molar-refractivity contribution in [1.29, 1.82) is 0 Å². The highest BCUT2D eigenvalue weighted by molar-refractivity contribution is 6.15. The maximum atomic E-state index is 12.4. The second kappa shape index (κ2) is 6.48. The Morgan fingerprint density at radius 3 is 2.46 bits per heavy atom. The van der Waals surface area contributed by atoms with Crippen LogP contribution >= 0.6 is 0 Å². The van der Waals surface area contributed by atoms with Gasteiger partial charge in [-0.15, -0.1) is 0 Å². The van der Waals surface area contributed by atoms with Crippen molar-refractivity contribution in [2.45, 2.75) is 38.1 Å². The second-order valence-electron chi connectivity index (χ2n) is 7.82. The van der Waals surface area contributed by atoms with Crippen molar-refractivity contribution in [2.75, 3.05) is 13.1 Å². The van der Waals surface area contributed by atoms with Crippen LogP contribution in [0.25, 0.3) is 5.57 Å². The molecule has 1 aliphatic carbocycles. The number of fused-ring (bicyclic) bond motifs is 2. The molecule has 1 saturated heterocycles. The fraction of sp³-hybridized carbons (Fsp3) is 0.391. The zero-order valence-corrected chi connectivity index (χ0v) is 15.0. The van der Waals surface area contributed by atoms with E-state index >= 15 is 0 Å². The molecule has 5 rings (SSSR count). The molecule has 0 N–H and O–H groups in total. The highest BCUT2D eigenvalue weighted by Crippen LogP contribution is 2.31. The van der Waals surface area contributed by atoms with Crippen molar-refractivity contribution in [1.82, 2.24) is 4.90 Å². The molecule has 3 aliphatic rings. The third-order valence-corrected chi connectivity index (χ3v) is 6.42. The van der Waals surface area contributed by atoms with Gasteiger partial charge in [0.2, 0.25) is 0 Å². The van der Waals surface area contributed by atoms with Gasteiger partial charge in [0.15, 0.2) is 0 Å². The summed E-state index contributed by atoms with van der Waals surface area (Å²) in [7, 11) is 0. The van der Waals surface area contributed by atoms with Gasteiger partial charge in [-0.2, -0.15) is 0 Å². The smallest absolute Gasteiger partial charge is 0.274 e. The maximum Gasteiger partial charge on any atom is 0.274 e. The first-order chi connectivity index (χ1) is 12.8. The SMILES string of the molecule is O=C1N=c2ccccc2=C1C1CCN(C2CCc3ccccc3C2)CC1. The van der Waals surface area contributed by atoms with E-state index in [1.807, 2.05) is 18.2 Å². The van der Waals surface area contributed by atoms with Crippen LogP contribution in [-0.2, 0) is 17.6 Å². The summed E-state index contributed by atoms with van der Waals surface area (Å²) in [6, 6.07) is 17.5. The minimum atomic E-state index is -0.00348. The van der Waals surface area contributed by atoms with Gasteiger partial charge in [0.05, 0.1) is 5.36 Å². The Bertz CT molecular complexity index is 970. The summed E-state index contributed by atoms with van der Waals surface area (Å²) in [5, 5.41) is 1.93. The lowest BCUT2D eigenvalue weighted by molar-refractivity contribution is -0.113. The molecule has 0 spiro atoms. The number of piperidine rings is 1. The zero-order chi connectivity index (χ0) is 17.5. The molecule has 1 unspecified atom stereocenters. The van der Waals surface area contributed by atoms with E-state index in [0.29, 0.717) is 12.0 Å². The fourth-order valence-electron chi connectivity index (χ4n) is 5.02. The lowest BCUT2D eigenvalue weighted by atomic mass is 9.84. The van der Waals surface area contributed by atoms with Crippen LogP contribution in [0.4, 0.5) is 0 Å². The van der Waals surface area contributed by atoms with Crippen molar-refractivity contribution < 1.29 is 4.79 Å². The summed E-state index contributed by atoms with van der Waals surface area (Å²) in [6.45, 7) is 2.19. The van der Waals surface area contributed by atoms with Crippen LogP contribution < -0.4 is 10.6 Å². The molecule has 2 aliphatic heterocycles. The quantitative estimate of drug-likeness (QED) is 0.837. The molecular formula is C23H24N2O. The van der Waals surface area contributed by atoms with Crippen LogP contribution in [0.1, 0.15) is 30.4 Å². The third-order valence-electron chi connectivity index (χ3n) is 6.42. The fourth-order valence-corrected chi connectivity index (χ4v) is 5.02. The maximum absolute atomic E-state index is 12.4. The van der Waals surface area contributed by atoms with Crippen LogP contribution in [0, 0.1) is 5.92 Å². The summed E-state index contributed by atoms with van der Waals surface area (Å²) < 4.78 is 0. The highest BCUT2D eigenvalue weighted by Gasteiger charge is 2.32. The monoisotopic (exact) mass is 344 g/mol. The molecule has 0 radical (unpaired) electrons. The molecule has 132 valence electrons. The van der Waals surface area contributed by atoms with Gasteiger partial charge in [0.1, 0.15) is 0 Å². The molecule has 2 aromatic rings. The van der Waals surface area contributed by atoms with Gasteiger partial charge in [-0.1, -0.05) is 42.5 Å². The van der Waals surface area contributed by atoms with Crippen LogP contribution in [0.15, 0.2) is 53.5 Å². The Hall–Kier alpha value is -2.26. The van der Waals surface area contributed by atoms with Gasteiger partial charge in [-0.25, -0.2) is 4.99 Å². The van der Waals surface area contributed by atoms with Gasteiger partial charge in [-0.05, 0) is 68.3 Å². The number of hydrogen-bond donors (Lipinski definition) is 0. The standard InChI is InChI=1S/C23H24N2O/c26-23-22(20-7-3-4-8-21(20)24-23)17-11-13-25(14-12-17)19-10-9-16-5-1-2-6-18(16)15-19/h1-8,17,19H,9-15H2. The number of benzene rings is 2. The average molecular weight is 344 g/mol. The average Bonchev–Trinajstić information content (AvgIpc) is 3.03. The molecule has 26 heavy (non-hydrogen) atoms. The molecular weight excluding hydrogens is 320 g/mol. The van der Waals surface area contributed by atoms with Crippen LogP contribution in [-0.4, -0.2) is 29.9 Å². The Morgan fingerprint density at radius 2 is 1.62 bits per heavy atom. The number of nitrogens with zero attached hydrogens (tertiary/aromatic N) is 2. The van der Waals surface area contributed by atoms with E-state index in [1.54, 1.807) is 0 Å². The number of carbonyl (C=O) groups is 1. The predicted molar refractivity (Wildman–Crippen MR) is 102 cm³/mol. The van der Waals surface area contributed by atoms with Gasteiger partial charge in [0, 0.05) is 16.8 Å². The minimum Gasteiger partial charge on any atom is -0.300 e. The van der Waals surface area contributed by atoms with Gasteiger partial charge >= 0.3 is 0 Å². The topological polar surface area (TPSA) is 32.7 Å². The Morgan fingerprint density at radius 1 is 0.885 bits per heavy atom.